The van der Waals surface area contributed by atoms with Crippen molar-refractivity contribution in [3.63, 3.8) is 0 Å². The predicted molar refractivity (Wildman–Crippen MR) is 64.7 cm³/mol. The van der Waals surface area contributed by atoms with Gasteiger partial charge in [0.25, 0.3) is 0 Å². The third kappa shape index (κ3) is 8.26. The Bertz CT molecular complexity index is 217. The molecule has 0 saturated heterocycles. The molecule has 0 rings (SSSR count). The Balaban J connectivity index is 3.60. The van der Waals surface area contributed by atoms with Gasteiger partial charge in [-0.3, -0.25) is 9.59 Å². The van der Waals surface area contributed by atoms with E-state index in [1.54, 1.807) is 0 Å². The van der Waals surface area contributed by atoms with Crippen LogP contribution in [0.1, 0.15) is 52.4 Å². The Kier molecular flexibility index (Phi) is 8.58. The highest BCUT2D eigenvalue weighted by atomic mass is 16.1. The summed E-state index contributed by atoms with van der Waals surface area (Å²) in [5, 5.41) is 2.74. The molecule has 1 atom stereocenters. The molecule has 0 saturated carbocycles. The summed E-state index contributed by atoms with van der Waals surface area (Å²) in [5.41, 5.74) is 5.33. The topological polar surface area (TPSA) is 72.2 Å². The number of hydrogen-bond acceptors (Lipinski definition) is 2. The third-order valence-electron chi connectivity index (χ3n) is 2.66. The molecule has 1 unspecified atom stereocenters. The van der Waals surface area contributed by atoms with Crippen molar-refractivity contribution in [2.45, 2.75) is 52.4 Å². The lowest BCUT2D eigenvalue weighted by atomic mass is 9.95. The van der Waals surface area contributed by atoms with Crippen molar-refractivity contribution in [3.8, 4) is 0 Å². The first-order chi connectivity index (χ1) is 7.57. The van der Waals surface area contributed by atoms with E-state index in [-0.39, 0.29) is 17.7 Å². The Hall–Kier alpha value is -1.06. The molecule has 0 aromatic heterocycles. The molecule has 3 N–H and O–H groups in total. The molecule has 4 nitrogen and oxygen atoms in total. The lowest BCUT2D eigenvalue weighted by molar-refractivity contribution is -0.122. The van der Waals surface area contributed by atoms with Crippen molar-refractivity contribution in [1.29, 1.82) is 0 Å². The molecule has 0 aliphatic heterocycles. The van der Waals surface area contributed by atoms with Crippen LogP contribution in [0.15, 0.2) is 0 Å². The lowest BCUT2D eigenvalue weighted by Gasteiger charge is -2.12. The molecule has 0 radical (unpaired) electrons. The third-order valence-corrected chi connectivity index (χ3v) is 2.66. The van der Waals surface area contributed by atoms with Gasteiger partial charge in [0.2, 0.25) is 11.8 Å². The number of primary amides is 1. The molecule has 0 spiro atoms. The van der Waals surface area contributed by atoms with Gasteiger partial charge < -0.3 is 11.1 Å². The quantitative estimate of drug-likeness (QED) is 0.588. The SMILES string of the molecule is CCCCC(CCCCNC(C)=O)C(N)=O. The zero-order chi connectivity index (χ0) is 12.4. The average Bonchev–Trinajstić information content (AvgIpc) is 2.21. The Labute approximate surface area is 98.0 Å². The average molecular weight is 228 g/mol. The molecular weight excluding hydrogens is 204 g/mol. The standard InChI is InChI=1S/C12H24N2O2/c1-3-4-7-11(12(13)16)8-5-6-9-14-10(2)15/h11H,3-9H2,1-2H3,(H2,13,16)(H,14,15). The van der Waals surface area contributed by atoms with Crippen molar-refractivity contribution < 1.29 is 9.59 Å². The lowest BCUT2D eigenvalue weighted by Crippen LogP contribution is -2.24. The molecule has 4 heteroatoms. The summed E-state index contributed by atoms with van der Waals surface area (Å²) in [4.78, 5) is 21.7. The van der Waals surface area contributed by atoms with Crippen LogP contribution in [0.25, 0.3) is 0 Å². The summed E-state index contributed by atoms with van der Waals surface area (Å²) in [5.74, 6) is -0.178. The largest absolute Gasteiger partial charge is 0.369 e. The highest BCUT2D eigenvalue weighted by molar-refractivity contribution is 5.76. The Morgan fingerprint density at radius 2 is 1.81 bits per heavy atom. The summed E-state index contributed by atoms with van der Waals surface area (Å²) >= 11 is 0. The number of carbonyl (C=O) groups excluding carboxylic acids is 2. The minimum absolute atomic E-state index is 0.00238. The smallest absolute Gasteiger partial charge is 0.220 e. The van der Waals surface area contributed by atoms with E-state index in [2.05, 4.69) is 12.2 Å². The number of unbranched alkanes of at least 4 members (excludes halogenated alkanes) is 2. The molecule has 0 heterocycles. The summed E-state index contributed by atoms with van der Waals surface area (Å²) in [6.45, 7) is 4.30. The van der Waals surface area contributed by atoms with Crippen LogP contribution in [0.2, 0.25) is 0 Å². The van der Waals surface area contributed by atoms with E-state index in [9.17, 15) is 9.59 Å². The molecule has 0 fully saturated rings. The summed E-state index contributed by atoms with van der Waals surface area (Å²) in [6, 6.07) is 0. The first-order valence-corrected chi connectivity index (χ1v) is 6.11. The van der Waals surface area contributed by atoms with Crippen LogP contribution >= 0.6 is 0 Å². The van der Waals surface area contributed by atoms with Crippen molar-refractivity contribution in [1.82, 2.24) is 5.32 Å². The van der Waals surface area contributed by atoms with Crippen molar-refractivity contribution in [2.24, 2.45) is 11.7 Å². The molecule has 16 heavy (non-hydrogen) atoms. The van der Waals surface area contributed by atoms with E-state index in [1.165, 1.54) is 6.92 Å². The minimum atomic E-state index is -0.187. The number of nitrogens with one attached hydrogen (secondary N) is 1. The number of nitrogens with two attached hydrogens (primary N) is 1. The number of amides is 2. The first-order valence-electron chi connectivity index (χ1n) is 6.11. The van der Waals surface area contributed by atoms with Gasteiger partial charge in [-0.15, -0.1) is 0 Å². The van der Waals surface area contributed by atoms with Crippen LogP contribution in [-0.4, -0.2) is 18.4 Å². The van der Waals surface area contributed by atoms with E-state index < -0.39 is 0 Å². The normalized spacial score (nSPS) is 12.1. The van der Waals surface area contributed by atoms with Crippen LogP contribution in [0, 0.1) is 5.92 Å². The number of hydrogen-bond donors (Lipinski definition) is 2. The monoisotopic (exact) mass is 228 g/mol. The van der Waals surface area contributed by atoms with Gasteiger partial charge in [-0.1, -0.05) is 26.2 Å². The maximum atomic E-state index is 11.1. The molecule has 0 aromatic carbocycles. The van der Waals surface area contributed by atoms with Crippen LogP contribution in [-0.2, 0) is 9.59 Å². The van der Waals surface area contributed by atoms with Gasteiger partial charge in [0, 0.05) is 19.4 Å². The van der Waals surface area contributed by atoms with E-state index in [4.69, 9.17) is 5.73 Å². The van der Waals surface area contributed by atoms with Gasteiger partial charge in [0.15, 0.2) is 0 Å². The van der Waals surface area contributed by atoms with Gasteiger partial charge >= 0.3 is 0 Å². The van der Waals surface area contributed by atoms with Gasteiger partial charge in [0.1, 0.15) is 0 Å². The Morgan fingerprint density at radius 3 is 2.31 bits per heavy atom. The highest BCUT2D eigenvalue weighted by Crippen LogP contribution is 2.15. The predicted octanol–water partition coefficient (Wildman–Crippen LogP) is 1.58. The maximum Gasteiger partial charge on any atom is 0.220 e. The molecule has 2 amide bonds. The van der Waals surface area contributed by atoms with Crippen molar-refractivity contribution in [2.75, 3.05) is 6.54 Å². The van der Waals surface area contributed by atoms with Crippen LogP contribution in [0.4, 0.5) is 0 Å². The van der Waals surface area contributed by atoms with Crippen molar-refractivity contribution >= 4 is 11.8 Å². The van der Waals surface area contributed by atoms with Gasteiger partial charge in [0.05, 0.1) is 0 Å². The zero-order valence-corrected chi connectivity index (χ0v) is 10.4. The second-order valence-electron chi connectivity index (χ2n) is 4.22. The number of carbonyl (C=O) groups is 2. The second kappa shape index (κ2) is 9.19. The van der Waals surface area contributed by atoms with Crippen LogP contribution < -0.4 is 11.1 Å². The molecule has 94 valence electrons. The Morgan fingerprint density at radius 1 is 1.19 bits per heavy atom. The van der Waals surface area contributed by atoms with Crippen LogP contribution in [0.5, 0.6) is 0 Å². The van der Waals surface area contributed by atoms with Gasteiger partial charge in [-0.2, -0.15) is 0 Å². The fourth-order valence-electron chi connectivity index (χ4n) is 1.66. The molecule has 0 bridgehead atoms. The van der Waals surface area contributed by atoms with E-state index in [0.29, 0.717) is 6.54 Å². The first kappa shape index (κ1) is 14.9. The van der Waals surface area contributed by atoms with E-state index in [1.807, 2.05) is 0 Å². The fraction of sp³-hybridized carbons (Fsp3) is 0.833. The van der Waals surface area contributed by atoms with Gasteiger partial charge in [-0.05, 0) is 19.3 Å². The molecular formula is C12H24N2O2. The van der Waals surface area contributed by atoms with E-state index >= 15 is 0 Å². The highest BCUT2D eigenvalue weighted by Gasteiger charge is 2.13. The van der Waals surface area contributed by atoms with Crippen LogP contribution in [0.3, 0.4) is 0 Å². The fourth-order valence-corrected chi connectivity index (χ4v) is 1.66. The molecule has 0 aliphatic carbocycles. The van der Waals surface area contributed by atoms with E-state index in [0.717, 1.165) is 38.5 Å². The van der Waals surface area contributed by atoms with Crippen molar-refractivity contribution in [3.05, 3.63) is 0 Å². The maximum absolute atomic E-state index is 11.1. The number of rotatable bonds is 9. The summed E-state index contributed by atoms with van der Waals surface area (Å²) in [6.07, 6.45) is 5.74. The molecule has 0 aromatic rings. The summed E-state index contributed by atoms with van der Waals surface area (Å²) in [7, 11) is 0. The molecule has 0 aliphatic rings. The minimum Gasteiger partial charge on any atom is -0.369 e. The zero-order valence-electron chi connectivity index (χ0n) is 10.4. The van der Waals surface area contributed by atoms with Gasteiger partial charge in [-0.25, -0.2) is 0 Å². The summed E-state index contributed by atoms with van der Waals surface area (Å²) < 4.78 is 0. The second-order valence-corrected chi connectivity index (χ2v) is 4.22.